The van der Waals surface area contributed by atoms with Crippen molar-refractivity contribution in [3.63, 3.8) is 0 Å². The van der Waals surface area contributed by atoms with Gasteiger partial charge in [-0.1, -0.05) is 18.2 Å². The topological polar surface area (TPSA) is 47.3 Å². The minimum absolute atomic E-state index is 0.932. The molecule has 3 heteroatoms. The van der Waals surface area contributed by atoms with Crippen molar-refractivity contribution in [3.05, 3.63) is 35.9 Å². The molecule has 0 fully saturated rings. The molecule has 0 atom stereocenters. The number of hydrogen-bond donors (Lipinski definition) is 2. The molecule has 0 aromatic heterocycles. The first-order valence-electron chi connectivity index (χ1n) is 5.52. The van der Waals surface area contributed by atoms with Crippen LogP contribution in [0, 0.1) is 0 Å². The molecule has 0 bridgehead atoms. The molecule has 3 nitrogen and oxygen atoms in total. The van der Waals surface area contributed by atoms with Crippen molar-refractivity contribution < 1.29 is 4.74 Å². The molecular formula is C13H20N2O. The van der Waals surface area contributed by atoms with Gasteiger partial charge < -0.3 is 15.8 Å². The molecule has 1 aromatic rings. The van der Waals surface area contributed by atoms with Crippen molar-refractivity contribution >= 4 is 5.57 Å². The highest BCUT2D eigenvalue weighted by Gasteiger charge is 2.05. The van der Waals surface area contributed by atoms with Gasteiger partial charge in [-0.25, -0.2) is 0 Å². The first-order chi connectivity index (χ1) is 7.90. The van der Waals surface area contributed by atoms with Gasteiger partial charge in [0.25, 0.3) is 0 Å². The summed E-state index contributed by atoms with van der Waals surface area (Å²) < 4.78 is 5.20. The van der Waals surface area contributed by atoms with E-state index in [0.29, 0.717) is 0 Å². The number of methoxy groups -OCH3 is 1. The van der Waals surface area contributed by atoms with Gasteiger partial charge in [-0.3, -0.25) is 0 Å². The van der Waals surface area contributed by atoms with Crippen LogP contribution in [0.1, 0.15) is 12.0 Å². The Morgan fingerprint density at radius 1 is 1.31 bits per heavy atom. The molecule has 0 saturated carbocycles. The molecule has 2 rings (SSSR count). The number of nitrogens with one attached hydrogen (secondary N) is 1. The van der Waals surface area contributed by atoms with E-state index in [0.717, 1.165) is 25.3 Å². The van der Waals surface area contributed by atoms with E-state index in [4.69, 9.17) is 4.74 Å². The lowest BCUT2D eigenvalue weighted by atomic mass is 10.0. The standard InChI is InChI=1S/C12H15NO.CH5N/c1-14-12-4-2-3-11(9-12)10-5-7-13-8-6-10;1-2/h2-5,9,13H,6-8H2,1H3;2H2,1H3. The zero-order valence-corrected chi connectivity index (χ0v) is 9.99. The lowest BCUT2D eigenvalue weighted by Gasteiger charge is -2.14. The Hall–Kier alpha value is -1.32. The van der Waals surface area contributed by atoms with Crippen molar-refractivity contribution in [1.82, 2.24) is 5.32 Å². The van der Waals surface area contributed by atoms with E-state index in [2.05, 4.69) is 29.3 Å². The normalized spacial score (nSPS) is 14.6. The Balaban J connectivity index is 0.000000606. The van der Waals surface area contributed by atoms with Crippen molar-refractivity contribution in [2.45, 2.75) is 6.42 Å². The summed E-state index contributed by atoms with van der Waals surface area (Å²) in [5, 5.41) is 3.31. The molecule has 1 heterocycles. The van der Waals surface area contributed by atoms with Crippen LogP contribution in [0.15, 0.2) is 30.3 Å². The van der Waals surface area contributed by atoms with Crippen LogP contribution in [-0.2, 0) is 0 Å². The predicted molar refractivity (Wildman–Crippen MR) is 68.6 cm³/mol. The van der Waals surface area contributed by atoms with Gasteiger partial charge in [0.1, 0.15) is 5.75 Å². The Morgan fingerprint density at radius 3 is 2.75 bits per heavy atom. The van der Waals surface area contributed by atoms with Gasteiger partial charge in [-0.05, 0) is 43.3 Å². The summed E-state index contributed by atoms with van der Waals surface area (Å²) in [5.41, 5.74) is 7.20. The minimum atomic E-state index is 0.932. The van der Waals surface area contributed by atoms with E-state index in [9.17, 15) is 0 Å². The summed E-state index contributed by atoms with van der Waals surface area (Å²) in [5.74, 6) is 0.932. The molecule has 1 aliphatic heterocycles. The Labute approximate surface area is 97.3 Å². The fourth-order valence-corrected chi connectivity index (χ4v) is 1.71. The fourth-order valence-electron chi connectivity index (χ4n) is 1.71. The van der Waals surface area contributed by atoms with Crippen LogP contribution in [0.25, 0.3) is 5.57 Å². The molecule has 1 aliphatic rings. The average molecular weight is 220 g/mol. The molecule has 0 aliphatic carbocycles. The van der Waals surface area contributed by atoms with E-state index < -0.39 is 0 Å². The third-order valence-electron chi connectivity index (χ3n) is 2.50. The summed E-state index contributed by atoms with van der Waals surface area (Å²) in [7, 11) is 3.20. The van der Waals surface area contributed by atoms with E-state index >= 15 is 0 Å². The van der Waals surface area contributed by atoms with Gasteiger partial charge >= 0.3 is 0 Å². The van der Waals surface area contributed by atoms with Crippen LogP contribution in [0.5, 0.6) is 5.75 Å². The summed E-state index contributed by atoms with van der Waals surface area (Å²) >= 11 is 0. The van der Waals surface area contributed by atoms with Crippen molar-refractivity contribution in [3.8, 4) is 5.75 Å². The minimum Gasteiger partial charge on any atom is -0.497 e. The van der Waals surface area contributed by atoms with E-state index in [-0.39, 0.29) is 0 Å². The van der Waals surface area contributed by atoms with Gasteiger partial charge in [0.2, 0.25) is 0 Å². The van der Waals surface area contributed by atoms with Gasteiger partial charge in [0.05, 0.1) is 7.11 Å². The first-order valence-corrected chi connectivity index (χ1v) is 5.52. The first kappa shape index (κ1) is 12.7. The molecule has 0 saturated heterocycles. The fraction of sp³-hybridized carbons (Fsp3) is 0.385. The highest BCUT2D eigenvalue weighted by Crippen LogP contribution is 2.23. The van der Waals surface area contributed by atoms with E-state index in [1.807, 2.05) is 12.1 Å². The monoisotopic (exact) mass is 220 g/mol. The smallest absolute Gasteiger partial charge is 0.119 e. The van der Waals surface area contributed by atoms with Crippen molar-refractivity contribution in [2.75, 3.05) is 27.2 Å². The van der Waals surface area contributed by atoms with Gasteiger partial charge in [-0.2, -0.15) is 0 Å². The predicted octanol–water partition coefficient (Wildman–Crippen LogP) is 1.65. The molecule has 0 radical (unpaired) electrons. The lowest BCUT2D eigenvalue weighted by Crippen LogP contribution is -2.19. The maximum atomic E-state index is 5.20. The van der Waals surface area contributed by atoms with Crippen LogP contribution in [0.3, 0.4) is 0 Å². The van der Waals surface area contributed by atoms with Crippen LogP contribution in [0.4, 0.5) is 0 Å². The molecule has 1 aromatic carbocycles. The summed E-state index contributed by atoms with van der Waals surface area (Å²) in [6.07, 6.45) is 3.35. The molecule has 16 heavy (non-hydrogen) atoms. The molecular weight excluding hydrogens is 200 g/mol. The van der Waals surface area contributed by atoms with E-state index in [1.165, 1.54) is 18.2 Å². The van der Waals surface area contributed by atoms with Crippen LogP contribution < -0.4 is 15.8 Å². The number of rotatable bonds is 2. The Kier molecular flexibility index (Phi) is 5.61. The maximum Gasteiger partial charge on any atom is 0.119 e. The average Bonchev–Trinajstić information content (AvgIpc) is 2.42. The second-order valence-corrected chi connectivity index (χ2v) is 3.42. The van der Waals surface area contributed by atoms with Gasteiger partial charge in [-0.15, -0.1) is 0 Å². The van der Waals surface area contributed by atoms with Crippen LogP contribution >= 0.6 is 0 Å². The summed E-state index contributed by atoms with van der Waals surface area (Å²) in [6.45, 7) is 2.05. The third kappa shape index (κ3) is 3.36. The highest BCUT2D eigenvalue weighted by atomic mass is 16.5. The summed E-state index contributed by atoms with van der Waals surface area (Å²) in [6, 6.07) is 8.25. The largest absolute Gasteiger partial charge is 0.497 e. The Bertz CT molecular complexity index is 348. The number of ether oxygens (including phenoxy) is 1. The van der Waals surface area contributed by atoms with Gasteiger partial charge in [0, 0.05) is 6.54 Å². The quantitative estimate of drug-likeness (QED) is 0.796. The van der Waals surface area contributed by atoms with Gasteiger partial charge in [0.15, 0.2) is 0 Å². The number of benzene rings is 1. The zero-order chi connectivity index (χ0) is 11.8. The highest BCUT2D eigenvalue weighted by molar-refractivity contribution is 5.67. The van der Waals surface area contributed by atoms with Crippen LogP contribution in [-0.4, -0.2) is 27.2 Å². The van der Waals surface area contributed by atoms with Crippen molar-refractivity contribution in [1.29, 1.82) is 0 Å². The molecule has 88 valence electrons. The molecule has 0 unspecified atom stereocenters. The molecule has 0 spiro atoms. The second kappa shape index (κ2) is 7.04. The van der Waals surface area contributed by atoms with Crippen LogP contribution in [0.2, 0.25) is 0 Å². The number of hydrogen-bond acceptors (Lipinski definition) is 3. The second-order valence-electron chi connectivity index (χ2n) is 3.42. The zero-order valence-electron chi connectivity index (χ0n) is 9.99. The maximum absolute atomic E-state index is 5.20. The molecule has 3 N–H and O–H groups in total. The molecule has 0 amide bonds. The number of nitrogens with two attached hydrogens (primary N) is 1. The van der Waals surface area contributed by atoms with Crippen molar-refractivity contribution in [2.24, 2.45) is 5.73 Å². The Morgan fingerprint density at radius 2 is 2.12 bits per heavy atom. The summed E-state index contributed by atoms with van der Waals surface area (Å²) in [4.78, 5) is 0. The SMILES string of the molecule is CN.COc1cccc(C2=CCNCC2)c1. The lowest BCUT2D eigenvalue weighted by molar-refractivity contribution is 0.414. The third-order valence-corrected chi connectivity index (χ3v) is 2.50. The van der Waals surface area contributed by atoms with E-state index in [1.54, 1.807) is 7.11 Å².